The highest BCUT2D eigenvalue weighted by Gasteiger charge is 2.20. The number of carbonyl (C=O) groups is 2. The van der Waals surface area contributed by atoms with Gasteiger partial charge in [0.1, 0.15) is 5.75 Å². The minimum absolute atomic E-state index is 0.0681. The highest BCUT2D eigenvalue weighted by atomic mass is 79.9. The minimum atomic E-state index is -0.358. The number of nitrogens with zero attached hydrogens (tertiary/aromatic N) is 4. The first-order chi connectivity index (χ1) is 17.0. The summed E-state index contributed by atoms with van der Waals surface area (Å²) >= 11 is 12.1. The van der Waals surface area contributed by atoms with Gasteiger partial charge < -0.3 is 15.4 Å². The molecule has 180 valence electrons. The fraction of sp³-hybridized carbons (Fsp3) is 0.136. The number of hydrogen-bond acceptors (Lipinski definition) is 8. The molecule has 0 aliphatic rings. The molecule has 0 bridgehead atoms. The first kappa shape index (κ1) is 25.2. The summed E-state index contributed by atoms with van der Waals surface area (Å²) in [6, 6.07) is 12.4. The number of nitrogens with one attached hydrogen (secondary N) is 2. The van der Waals surface area contributed by atoms with E-state index in [1.807, 2.05) is 24.3 Å². The number of thiazole rings is 1. The van der Waals surface area contributed by atoms with Gasteiger partial charge in [0.05, 0.1) is 35.7 Å². The van der Waals surface area contributed by atoms with E-state index >= 15 is 0 Å². The lowest BCUT2D eigenvalue weighted by molar-refractivity contribution is -0.113. The molecule has 9 nitrogen and oxygen atoms in total. The number of aromatic nitrogens is 4. The average Bonchev–Trinajstić information content (AvgIpc) is 3.52. The van der Waals surface area contributed by atoms with Crippen molar-refractivity contribution in [1.82, 2.24) is 25.1 Å². The summed E-state index contributed by atoms with van der Waals surface area (Å²) in [4.78, 5) is 29.2. The van der Waals surface area contributed by atoms with E-state index in [0.717, 1.165) is 4.47 Å². The highest BCUT2D eigenvalue weighted by Crippen LogP contribution is 2.29. The molecule has 2 N–H and O–H groups in total. The summed E-state index contributed by atoms with van der Waals surface area (Å²) in [5, 5.41) is 17.2. The molecule has 0 atom stereocenters. The van der Waals surface area contributed by atoms with E-state index in [1.54, 1.807) is 41.5 Å². The summed E-state index contributed by atoms with van der Waals surface area (Å²) in [6.07, 6.45) is 1.62. The fourth-order valence-corrected chi connectivity index (χ4v) is 4.93. The van der Waals surface area contributed by atoms with Gasteiger partial charge in [-0.2, -0.15) is 0 Å². The van der Waals surface area contributed by atoms with E-state index in [-0.39, 0.29) is 24.1 Å². The van der Waals surface area contributed by atoms with Crippen molar-refractivity contribution in [3.05, 3.63) is 74.9 Å². The Morgan fingerprint density at radius 1 is 1.23 bits per heavy atom. The smallest absolute Gasteiger partial charge is 0.253 e. The van der Waals surface area contributed by atoms with Gasteiger partial charge in [-0.3, -0.25) is 14.2 Å². The molecule has 0 saturated carbocycles. The third-order valence-electron chi connectivity index (χ3n) is 4.62. The van der Waals surface area contributed by atoms with Crippen LogP contribution < -0.4 is 15.4 Å². The summed E-state index contributed by atoms with van der Waals surface area (Å²) < 4.78 is 8.00. The average molecular weight is 594 g/mol. The number of ether oxygens (including phenoxy) is 1. The molecule has 0 spiro atoms. The van der Waals surface area contributed by atoms with Gasteiger partial charge in [0.2, 0.25) is 5.91 Å². The molecule has 2 aromatic heterocycles. The van der Waals surface area contributed by atoms with Crippen LogP contribution in [-0.4, -0.2) is 44.4 Å². The topological polar surface area (TPSA) is 111 Å². The van der Waals surface area contributed by atoms with E-state index in [9.17, 15) is 9.59 Å². The molecule has 0 unspecified atom stereocenters. The second-order valence-electron chi connectivity index (χ2n) is 6.89. The molecule has 0 saturated heterocycles. The predicted octanol–water partition coefficient (Wildman–Crippen LogP) is 4.81. The molecule has 4 aromatic rings. The predicted molar refractivity (Wildman–Crippen MR) is 140 cm³/mol. The largest absolute Gasteiger partial charge is 0.495 e. The molecule has 0 fully saturated rings. The molecule has 0 aliphatic carbocycles. The van der Waals surface area contributed by atoms with Crippen LogP contribution in [0.2, 0.25) is 5.02 Å². The second-order valence-corrected chi connectivity index (χ2v) is 10.0. The number of methoxy groups -OCH3 is 1. The number of thioether (sulfide) groups is 1. The Morgan fingerprint density at radius 3 is 2.83 bits per heavy atom. The van der Waals surface area contributed by atoms with E-state index in [1.165, 1.54) is 23.1 Å². The zero-order chi connectivity index (χ0) is 24.8. The number of rotatable bonds is 9. The van der Waals surface area contributed by atoms with Gasteiger partial charge in [0.15, 0.2) is 16.1 Å². The zero-order valence-electron chi connectivity index (χ0n) is 18.2. The minimum Gasteiger partial charge on any atom is -0.495 e. The van der Waals surface area contributed by atoms with Crippen LogP contribution in [0.15, 0.2) is 63.7 Å². The number of halogens is 2. The standard InChI is InChI=1S/C22H18BrClN6O3S2/c1-33-17-5-3-2-4-16(17)30-18(11-26-20(32)14-10-13(23)6-7-15(14)24)28-29-22(30)35-12-19(31)27-21-25-8-9-34-21/h2-10H,11-12H2,1H3,(H,26,32)(H,25,27,31). The molecular formula is C22H18BrClN6O3S2. The van der Waals surface area contributed by atoms with Gasteiger partial charge in [-0.15, -0.1) is 21.5 Å². The first-order valence-corrected chi connectivity index (χ1v) is 13.1. The van der Waals surface area contributed by atoms with Crippen LogP contribution in [0.25, 0.3) is 5.69 Å². The third kappa shape index (κ3) is 6.20. The highest BCUT2D eigenvalue weighted by molar-refractivity contribution is 9.10. The van der Waals surface area contributed by atoms with Gasteiger partial charge in [-0.05, 0) is 30.3 Å². The Kier molecular flexibility index (Phi) is 8.39. The monoisotopic (exact) mass is 592 g/mol. The molecule has 0 radical (unpaired) electrons. The van der Waals surface area contributed by atoms with E-state index in [2.05, 4.69) is 41.7 Å². The SMILES string of the molecule is COc1ccccc1-n1c(CNC(=O)c2cc(Br)ccc2Cl)nnc1SCC(=O)Nc1nccs1. The Labute approximate surface area is 222 Å². The maximum absolute atomic E-state index is 12.8. The molecule has 13 heteroatoms. The van der Waals surface area contributed by atoms with Gasteiger partial charge in [-0.25, -0.2) is 4.98 Å². The van der Waals surface area contributed by atoms with Gasteiger partial charge >= 0.3 is 0 Å². The summed E-state index contributed by atoms with van der Waals surface area (Å²) in [6.45, 7) is 0.0681. The van der Waals surface area contributed by atoms with Crippen LogP contribution in [0, 0.1) is 0 Å². The fourth-order valence-electron chi connectivity index (χ4n) is 3.06. The van der Waals surface area contributed by atoms with Crippen molar-refractivity contribution in [2.45, 2.75) is 11.7 Å². The van der Waals surface area contributed by atoms with Crippen molar-refractivity contribution >= 4 is 67.6 Å². The lowest BCUT2D eigenvalue weighted by Crippen LogP contribution is -2.25. The van der Waals surface area contributed by atoms with Crippen LogP contribution in [-0.2, 0) is 11.3 Å². The summed E-state index contributed by atoms with van der Waals surface area (Å²) in [5.41, 5.74) is 1.01. The van der Waals surface area contributed by atoms with Crippen LogP contribution in [0.3, 0.4) is 0 Å². The van der Waals surface area contributed by atoms with Crippen LogP contribution in [0.5, 0.6) is 5.75 Å². The van der Waals surface area contributed by atoms with Crippen molar-refractivity contribution in [1.29, 1.82) is 0 Å². The van der Waals surface area contributed by atoms with Gasteiger partial charge in [0.25, 0.3) is 5.91 Å². The lowest BCUT2D eigenvalue weighted by atomic mass is 10.2. The number of hydrogen-bond donors (Lipinski definition) is 2. The number of benzene rings is 2. The molecule has 2 aromatic carbocycles. The van der Waals surface area contributed by atoms with Crippen LogP contribution >= 0.6 is 50.6 Å². The Balaban J connectivity index is 1.57. The number of amides is 2. The molecule has 2 amide bonds. The maximum atomic E-state index is 12.8. The van der Waals surface area contributed by atoms with Crippen molar-refractivity contribution in [3.63, 3.8) is 0 Å². The molecule has 35 heavy (non-hydrogen) atoms. The van der Waals surface area contributed by atoms with Gasteiger partial charge in [0, 0.05) is 16.0 Å². The molecule has 0 aliphatic heterocycles. The Hall–Kier alpha value is -2.93. The molecule has 2 heterocycles. The number of anilines is 1. The summed E-state index contributed by atoms with van der Waals surface area (Å²) in [7, 11) is 1.56. The quantitative estimate of drug-likeness (QED) is 0.268. The number of para-hydroxylation sites is 2. The Bertz CT molecular complexity index is 1350. The zero-order valence-corrected chi connectivity index (χ0v) is 22.2. The maximum Gasteiger partial charge on any atom is 0.253 e. The van der Waals surface area contributed by atoms with E-state index in [0.29, 0.717) is 38.1 Å². The van der Waals surface area contributed by atoms with Crippen LogP contribution in [0.1, 0.15) is 16.2 Å². The third-order valence-corrected chi connectivity index (χ3v) is 7.06. The van der Waals surface area contributed by atoms with Crippen molar-refractivity contribution < 1.29 is 14.3 Å². The lowest BCUT2D eigenvalue weighted by Gasteiger charge is -2.14. The molecule has 4 rings (SSSR count). The van der Waals surface area contributed by atoms with E-state index < -0.39 is 0 Å². The Morgan fingerprint density at radius 2 is 2.06 bits per heavy atom. The number of carbonyl (C=O) groups excluding carboxylic acids is 2. The summed E-state index contributed by atoms with van der Waals surface area (Å²) in [5.74, 6) is 0.551. The van der Waals surface area contributed by atoms with Gasteiger partial charge in [-0.1, -0.05) is 51.4 Å². The van der Waals surface area contributed by atoms with Crippen LogP contribution in [0.4, 0.5) is 5.13 Å². The van der Waals surface area contributed by atoms with Crippen molar-refractivity contribution in [2.75, 3.05) is 18.2 Å². The van der Waals surface area contributed by atoms with Crippen molar-refractivity contribution in [3.8, 4) is 11.4 Å². The van der Waals surface area contributed by atoms with Crippen molar-refractivity contribution in [2.24, 2.45) is 0 Å². The first-order valence-electron chi connectivity index (χ1n) is 10.1. The second kappa shape index (κ2) is 11.7. The normalized spacial score (nSPS) is 10.7. The van der Waals surface area contributed by atoms with E-state index in [4.69, 9.17) is 16.3 Å². The molecular weight excluding hydrogens is 576 g/mol.